The van der Waals surface area contributed by atoms with Gasteiger partial charge in [-0.25, -0.2) is 4.98 Å². The van der Waals surface area contributed by atoms with Crippen LogP contribution in [0.1, 0.15) is 5.82 Å². The van der Waals surface area contributed by atoms with Crippen LogP contribution in [-0.2, 0) is 11.3 Å². The summed E-state index contributed by atoms with van der Waals surface area (Å²) in [5, 5.41) is 13.1. The Hall–Kier alpha value is -1.69. The van der Waals surface area contributed by atoms with Crippen LogP contribution in [0.3, 0.4) is 0 Å². The highest BCUT2D eigenvalue weighted by Gasteiger charge is 2.08. The molecule has 0 bridgehead atoms. The number of halogens is 2. The standard InChI is InChI=1S/C15H20BrN7O.HI/c1-17-15(19-9-13(24)23(2)3)18-8-12-20-14(22-21-12)10-4-6-11(16)7-5-10;/h4-7H,8-9H2,1-3H3,(H2,17,18,19)(H,20,21,22);1H. The average Bonchev–Trinajstić information content (AvgIpc) is 3.04. The normalized spacial score (nSPS) is 10.8. The summed E-state index contributed by atoms with van der Waals surface area (Å²) in [4.78, 5) is 21.6. The number of carbonyl (C=O) groups is 1. The predicted octanol–water partition coefficient (Wildman–Crippen LogP) is 1.61. The molecule has 0 spiro atoms. The van der Waals surface area contributed by atoms with Gasteiger partial charge in [-0.05, 0) is 12.1 Å². The lowest BCUT2D eigenvalue weighted by molar-refractivity contribution is -0.127. The quantitative estimate of drug-likeness (QED) is 0.315. The van der Waals surface area contributed by atoms with Crippen molar-refractivity contribution in [3.05, 3.63) is 34.6 Å². The number of hydrogen-bond acceptors (Lipinski definition) is 4. The molecular formula is C15H21BrIN7O. The van der Waals surface area contributed by atoms with E-state index in [-0.39, 0.29) is 36.4 Å². The average molecular weight is 522 g/mol. The summed E-state index contributed by atoms with van der Waals surface area (Å²) in [5.41, 5.74) is 0.930. The zero-order valence-corrected chi connectivity index (χ0v) is 18.1. The van der Waals surface area contributed by atoms with Crippen molar-refractivity contribution in [1.29, 1.82) is 0 Å². The molecular weight excluding hydrogens is 501 g/mol. The summed E-state index contributed by atoms with van der Waals surface area (Å²) in [7, 11) is 5.06. The summed E-state index contributed by atoms with van der Waals surface area (Å²) in [6.45, 7) is 0.590. The molecule has 2 aromatic rings. The molecule has 10 heteroatoms. The summed E-state index contributed by atoms with van der Waals surface area (Å²) < 4.78 is 1.01. The van der Waals surface area contributed by atoms with Crippen LogP contribution in [0.4, 0.5) is 0 Å². The van der Waals surface area contributed by atoms with Crippen molar-refractivity contribution in [3.63, 3.8) is 0 Å². The first kappa shape index (κ1) is 21.4. The van der Waals surface area contributed by atoms with Gasteiger partial charge in [0.15, 0.2) is 11.8 Å². The first-order valence-corrected chi connectivity index (χ1v) is 8.10. The zero-order chi connectivity index (χ0) is 17.5. The highest BCUT2D eigenvalue weighted by atomic mass is 127. The van der Waals surface area contributed by atoms with E-state index in [0.717, 1.165) is 10.0 Å². The second kappa shape index (κ2) is 10.3. The van der Waals surface area contributed by atoms with Crippen LogP contribution in [0.5, 0.6) is 0 Å². The third-order valence-electron chi connectivity index (χ3n) is 3.19. The van der Waals surface area contributed by atoms with Gasteiger partial charge < -0.3 is 15.5 Å². The van der Waals surface area contributed by atoms with Crippen LogP contribution in [-0.4, -0.2) is 59.6 Å². The Labute approximate surface area is 172 Å². The maximum atomic E-state index is 11.6. The summed E-state index contributed by atoms with van der Waals surface area (Å²) >= 11 is 3.40. The van der Waals surface area contributed by atoms with Gasteiger partial charge in [0.2, 0.25) is 5.91 Å². The molecule has 0 atom stereocenters. The molecule has 1 amide bonds. The van der Waals surface area contributed by atoms with E-state index >= 15 is 0 Å². The summed E-state index contributed by atoms with van der Waals surface area (Å²) in [6.07, 6.45) is 0. The molecule has 8 nitrogen and oxygen atoms in total. The van der Waals surface area contributed by atoms with E-state index in [0.29, 0.717) is 24.2 Å². The molecule has 1 heterocycles. The lowest BCUT2D eigenvalue weighted by Gasteiger charge is -2.13. The Kier molecular flexibility index (Phi) is 8.83. The minimum absolute atomic E-state index is 0. The van der Waals surface area contributed by atoms with Crippen molar-refractivity contribution in [2.75, 3.05) is 27.7 Å². The molecule has 0 aliphatic heterocycles. The number of rotatable bonds is 5. The molecule has 0 saturated carbocycles. The van der Waals surface area contributed by atoms with Gasteiger partial charge in [-0.1, -0.05) is 28.1 Å². The van der Waals surface area contributed by atoms with Gasteiger partial charge >= 0.3 is 0 Å². The van der Waals surface area contributed by atoms with Gasteiger partial charge in [0.25, 0.3) is 0 Å². The van der Waals surface area contributed by atoms with Crippen LogP contribution >= 0.6 is 39.9 Å². The van der Waals surface area contributed by atoms with E-state index in [2.05, 4.69) is 46.7 Å². The molecule has 0 unspecified atom stereocenters. The minimum Gasteiger partial charge on any atom is -0.349 e. The van der Waals surface area contributed by atoms with Gasteiger partial charge in [-0.2, -0.15) is 5.10 Å². The monoisotopic (exact) mass is 521 g/mol. The Morgan fingerprint density at radius 2 is 1.96 bits per heavy atom. The second-order valence-electron chi connectivity index (χ2n) is 5.18. The number of amides is 1. The van der Waals surface area contributed by atoms with Gasteiger partial charge in [0.1, 0.15) is 5.82 Å². The number of aliphatic imine (C=N–C) groups is 1. The van der Waals surface area contributed by atoms with Crippen LogP contribution < -0.4 is 10.6 Å². The second-order valence-corrected chi connectivity index (χ2v) is 6.10. The van der Waals surface area contributed by atoms with Crippen molar-refractivity contribution < 1.29 is 4.79 Å². The molecule has 0 fully saturated rings. The molecule has 1 aromatic heterocycles. The fourth-order valence-corrected chi connectivity index (χ4v) is 2.07. The molecule has 0 aliphatic rings. The molecule has 0 radical (unpaired) electrons. The van der Waals surface area contributed by atoms with E-state index in [1.54, 1.807) is 21.1 Å². The first-order chi connectivity index (χ1) is 11.5. The smallest absolute Gasteiger partial charge is 0.241 e. The SMILES string of the molecule is CN=C(NCC(=O)N(C)C)NCc1nc(-c2ccc(Br)cc2)n[nH]1.I. The van der Waals surface area contributed by atoms with Crippen LogP contribution in [0.2, 0.25) is 0 Å². The Balaban J connectivity index is 0.00000312. The van der Waals surface area contributed by atoms with E-state index < -0.39 is 0 Å². The van der Waals surface area contributed by atoms with Gasteiger partial charge in [0, 0.05) is 31.2 Å². The number of guanidine groups is 1. The number of aromatic amines is 1. The van der Waals surface area contributed by atoms with Gasteiger partial charge in [-0.15, -0.1) is 24.0 Å². The zero-order valence-electron chi connectivity index (χ0n) is 14.2. The minimum atomic E-state index is -0.0323. The third kappa shape index (κ3) is 6.61. The fourth-order valence-electron chi connectivity index (χ4n) is 1.81. The Bertz CT molecular complexity index is 715. The lowest BCUT2D eigenvalue weighted by Crippen LogP contribution is -2.42. The fraction of sp³-hybridized carbons (Fsp3) is 0.333. The summed E-state index contributed by atoms with van der Waals surface area (Å²) in [6, 6.07) is 7.77. The number of H-pyrrole nitrogens is 1. The van der Waals surface area contributed by atoms with E-state index in [1.807, 2.05) is 24.3 Å². The largest absolute Gasteiger partial charge is 0.349 e. The lowest BCUT2D eigenvalue weighted by atomic mass is 10.2. The van der Waals surface area contributed by atoms with Crippen molar-refractivity contribution in [2.24, 2.45) is 4.99 Å². The van der Waals surface area contributed by atoms with Crippen LogP contribution in [0.25, 0.3) is 11.4 Å². The van der Waals surface area contributed by atoms with Gasteiger partial charge in [0.05, 0.1) is 13.1 Å². The van der Waals surface area contributed by atoms with Crippen molar-refractivity contribution in [2.45, 2.75) is 6.54 Å². The molecule has 136 valence electrons. The maximum Gasteiger partial charge on any atom is 0.241 e. The third-order valence-corrected chi connectivity index (χ3v) is 3.72. The number of aromatic nitrogens is 3. The number of nitrogens with one attached hydrogen (secondary N) is 3. The summed E-state index contributed by atoms with van der Waals surface area (Å²) in [5.74, 6) is 1.79. The van der Waals surface area contributed by atoms with Crippen molar-refractivity contribution in [1.82, 2.24) is 30.7 Å². The highest BCUT2D eigenvalue weighted by Crippen LogP contribution is 2.18. The van der Waals surface area contributed by atoms with E-state index in [1.165, 1.54) is 4.90 Å². The molecule has 0 saturated heterocycles. The molecule has 3 N–H and O–H groups in total. The van der Waals surface area contributed by atoms with Crippen LogP contribution in [0, 0.1) is 0 Å². The maximum absolute atomic E-state index is 11.6. The van der Waals surface area contributed by atoms with E-state index in [9.17, 15) is 4.79 Å². The van der Waals surface area contributed by atoms with Crippen molar-refractivity contribution >= 4 is 51.8 Å². The number of carbonyl (C=O) groups excluding carboxylic acids is 1. The number of nitrogens with zero attached hydrogens (tertiary/aromatic N) is 4. The molecule has 2 rings (SSSR count). The Morgan fingerprint density at radius 3 is 2.56 bits per heavy atom. The highest BCUT2D eigenvalue weighted by molar-refractivity contribution is 14.0. The first-order valence-electron chi connectivity index (χ1n) is 7.31. The predicted molar refractivity (Wildman–Crippen MR) is 112 cm³/mol. The van der Waals surface area contributed by atoms with E-state index in [4.69, 9.17) is 0 Å². The Morgan fingerprint density at radius 1 is 1.28 bits per heavy atom. The molecule has 0 aliphatic carbocycles. The number of likely N-dealkylation sites (N-methyl/N-ethyl adjacent to an activating group) is 1. The number of benzene rings is 1. The topological polar surface area (TPSA) is 98.3 Å². The molecule has 25 heavy (non-hydrogen) atoms. The number of hydrogen-bond donors (Lipinski definition) is 3. The van der Waals surface area contributed by atoms with Gasteiger partial charge in [-0.3, -0.25) is 14.9 Å². The van der Waals surface area contributed by atoms with Crippen LogP contribution in [0.15, 0.2) is 33.7 Å². The van der Waals surface area contributed by atoms with Crippen molar-refractivity contribution in [3.8, 4) is 11.4 Å². The molecule has 1 aromatic carbocycles.